The molecule has 0 radical (unpaired) electrons. The van der Waals surface area contributed by atoms with Crippen LogP contribution in [-0.4, -0.2) is 37.0 Å². The van der Waals surface area contributed by atoms with Crippen LogP contribution in [0.3, 0.4) is 0 Å². The summed E-state index contributed by atoms with van der Waals surface area (Å²) in [7, 11) is 0. The number of unbranched alkanes of at least 4 members (excludes halogenated alkanes) is 4. The molecule has 0 aromatic carbocycles. The first-order chi connectivity index (χ1) is 9.77. The van der Waals surface area contributed by atoms with Crippen LogP contribution in [-0.2, 0) is 4.79 Å². The first-order valence-electron chi connectivity index (χ1n) is 8.76. The molecule has 1 heterocycles. The van der Waals surface area contributed by atoms with Gasteiger partial charge in [-0.2, -0.15) is 0 Å². The Morgan fingerprint density at radius 1 is 1.05 bits per heavy atom. The summed E-state index contributed by atoms with van der Waals surface area (Å²) in [5.41, 5.74) is 0. The van der Waals surface area contributed by atoms with Gasteiger partial charge in [-0.1, -0.05) is 39.5 Å². The largest absolute Gasteiger partial charge is 0.342 e. The molecule has 0 aromatic rings. The topological polar surface area (TPSA) is 32.3 Å². The fourth-order valence-corrected chi connectivity index (χ4v) is 3.00. The second kappa shape index (κ2) is 11.1. The zero-order chi connectivity index (χ0) is 14.6. The van der Waals surface area contributed by atoms with Gasteiger partial charge in [0.05, 0.1) is 0 Å². The number of amides is 1. The molecule has 0 bridgehead atoms. The fourth-order valence-electron chi connectivity index (χ4n) is 3.00. The van der Waals surface area contributed by atoms with E-state index in [1.54, 1.807) is 0 Å². The van der Waals surface area contributed by atoms with Gasteiger partial charge in [0.15, 0.2) is 0 Å². The zero-order valence-corrected chi connectivity index (χ0v) is 13.6. The van der Waals surface area contributed by atoms with Gasteiger partial charge < -0.3 is 10.2 Å². The molecule has 1 aliphatic rings. The first-order valence-corrected chi connectivity index (χ1v) is 8.76. The lowest BCUT2D eigenvalue weighted by Crippen LogP contribution is -2.39. The van der Waals surface area contributed by atoms with Crippen LogP contribution in [0.4, 0.5) is 0 Å². The third-order valence-electron chi connectivity index (χ3n) is 4.28. The highest BCUT2D eigenvalue weighted by Gasteiger charge is 2.19. The van der Waals surface area contributed by atoms with Crippen LogP contribution >= 0.6 is 0 Å². The maximum absolute atomic E-state index is 12.3. The summed E-state index contributed by atoms with van der Waals surface area (Å²) in [5.74, 6) is 1.11. The molecular formula is C17H34N2O. The smallest absolute Gasteiger partial charge is 0.222 e. The Balaban J connectivity index is 2.25. The van der Waals surface area contributed by atoms with Crippen LogP contribution < -0.4 is 5.32 Å². The second-order valence-corrected chi connectivity index (χ2v) is 6.20. The van der Waals surface area contributed by atoms with E-state index in [1.165, 1.54) is 38.5 Å². The number of nitrogens with one attached hydrogen (secondary N) is 1. The molecule has 0 aromatic heterocycles. The van der Waals surface area contributed by atoms with Gasteiger partial charge in [-0.25, -0.2) is 0 Å². The van der Waals surface area contributed by atoms with E-state index in [-0.39, 0.29) is 0 Å². The van der Waals surface area contributed by atoms with E-state index in [0.717, 1.165) is 45.4 Å². The highest BCUT2D eigenvalue weighted by molar-refractivity contribution is 5.76. The van der Waals surface area contributed by atoms with Gasteiger partial charge in [0.2, 0.25) is 5.91 Å². The summed E-state index contributed by atoms with van der Waals surface area (Å²) in [5, 5.41) is 3.40. The van der Waals surface area contributed by atoms with Crippen LogP contribution in [0.2, 0.25) is 0 Å². The van der Waals surface area contributed by atoms with Crippen LogP contribution in [0.25, 0.3) is 0 Å². The van der Waals surface area contributed by atoms with E-state index in [9.17, 15) is 4.79 Å². The quantitative estimate of drug-likeness (QED) is 0.621. The second-order valence-electron chi connectivity index (χ2n) is 6.20. The minimum atomic E-state index is 0.391. The molecule has 3 nitrogen and oxygen atoms in total. The van der Waals surface area contributed by atoms with Gasteiger partial charge in [0, 0.05) is 19.5 Å². The summed E-state index contributed by atoms with van der Waals surface area (Å²) < 4.78 is 0. The molecule has 0 atom stereocenters. The molecule has 1 fully saturated rings. The Morgan fingerprint density at radius 3 is 2.40 bits per heavy atom. The monoisotopic (exact) mass is 282 g/mol. The third-order valence-corrected chi connectivity index (χ3v) is 4.28. The molecule has 1 N–H and O–H groups in total. The van der Waals surface area contributed by atoms with Gasteiger partial charge in [0.25, 0.3) is 0 Å². The SMILES string of the molecule is CCCCCCCC(=O)N(CCC)CC1CCNCC1. The number of carbonyl (C=O) groups is 1. The standard InChI is InChI=1S/C17H34N2O/c1-3-5-6-7-8-9-17(20)19(14-4-2)15-16-10-12-18-13-11-16/h16,18H,3-15H2,1-2H3. The molecule has 0 saturated carbocycles. The molecule has 0 spiro atoms. The van der Waals surface area contributed by atoms with Crippen molar-refractivity contribution in [3.8, 4) is 0 Å². The minimum absolute atomic E-state index is 0.391. The van der Waals surface area contributed by atoms with E-state index in [1.807, 2.05) is 0 Å². The van der Waals surface area contributed by atoms with Crippen molar-refractivity contribution in [1.29, 1.82) is 0 Å². The number of carbonyl (C=O) groups excluding carboxylic acids is 1. The highest BCUT2D eigenvalue weighted by Crippen LogP contribution is 2.15. The zero-order valence-electron chi connectivity index (χ0n) is 13.6. The molecule has 1 amide bonds. The van der Waals surface area contributed by atoms with E-state index in [0.29, 0.717) is 11.8 Å². The molecule has 118 valence electrons. The summed E-state index contributed by atoms with van der Waals surface area (Å²) in [6, 6.07) is 0. The lowest BCUT2D eigenvalue weighted by molar-refractivity contribution is -0.132. The predicted molar refractivity (Wildman–Crippen MR) is 85.8 cm³/mol. The highest BCUT2D eigenvalue weighted by atomic mass is 16.2. The maximum Gasteiger partial charge on any atom is 0.222 e. The molecular weight excluding hydrogens is 248 g/mol. The van der Waals surface area contributed by atoms with Gasteiger partial charge in [-0.15, -0.1) is 0 Å². The average molecular weight is 282 g/mol. The molecule has 1 saturated heterocycles. The third kappa shape index (κ3) is 7.28. The molecule has 0 unspecified atom stereocenters. The Hall–Kier alpha value is -0.570. The van der Waals surface area contributed by atoms with Crippen LogP contribution in [0, 0.1) is 5.92 Å². The van der Waals surface area contributed by atoms with Crippen molar-refractivity contribution < 1.29 is 4.79 Å². The Labute approximate surface area is 125 Å². The predicted octanol–water partition coefficient (Wildman–Crippen LogP) is 3.59. The fraction of sp³-hybridized carbons (Fsp3) is 0.941. The van der Waals surface area contributed by atoms with Gasteiger partial charge >= 0.3 is 0 Å². The van der Waals surface area contributed by atoms with E-state index in [2.05, 4.69) is 24.1 Å². The molecule has 0 aliphatic carbocycles. The van der Waals surface area contributed by atoms with Crippen molar-refractivity contribution in [3.05, 3.63) is 0 Å². The van der Waals surface area contributed by atoms with E-state index in [4.69, 9.17) is 0 Å². The summed E-state index contributed by atoms with van der Waals surface area (Å²) >= 11 is 0. The molecule has 3 heteroatoms. The number of rotatable bonds is 10. The van der Waals surface area contributed by atoms with Crippen molar-refractivity contribution in [2.24, 2.45) is 5.92 Å². The van der Waals surface area contributed by atoms with Crippen LogP contribution in [0.1, 0.15) is 71.6 Å². The maximum atomic E-state index is 12.3. The average Bonchev–Trinajstić information content (AvgIpc) is 2.47. The van der Waals surface area contributed by atoms with Crippen LogP contribution in [0.5, 0.6) is 0 Å². The summed E-state index contributed by atoms with van der Waals surface area (Å²) in [4.78, 5) is 14.5. The molecule has 1 rings (SSSR count). The minimum Gasteiger partial charge on any atom is -0.342 e. The molecule has 1 aliphatic heterocycles. The van der Waals surface area contributed by atoms with Crippen molar-refractivity contribution in [2.75, 3.05) is 26.2 Å². The van der Waals surface area contributed by atoms with Gasteiger partial charge in [-0.05, 0) is 44.7 Å². The Kier molecular flexibility index (Phi) is 9.73. The summed E-state index contributed by atoms with van der Waals surface area (Å²) in [6.07, 6.45) is 10.4. The Bertz CT molecular complexity index is 249. The summed E-state index contributed by atoms with van der Waals surface area (Å²) in [6.45, 7) is 8.57. The number of hydrogen-bond acceptors (Lipinski definition) is 2. The van der Waals surface area contributed by atoms with Gasteiger partial charge in [0.1, 0.15) is 0 Å². The lowest BCUT2D eigenvalue weighted by atomic mass is 9.97. The number of piperidine rings is 1. The van der Waals surface area contributed by atoms with Gasteiger partial charge in [-0.3, -0.25) is 4.79 Å². The number of hydrogen-bond donors (Lipinski definition) is 1. The van der Waals surface area contributed by atoms with E-state index < -0.39 is 0 Å². The van der Waals surface area contributed by atoms with Crippen LogP contribution in [0.15, 0.2) is 0 Å². The number of nitrogens with zero attached hydrogens (tertiary/aromatic N) is 1. The van der Waals surface area contributed by atoms with E-state index >= 15 is 0 Å². The van der Waals surface area contributed by atoms with Crippen molar-refractivity contribution in [1.82, 2.24) is 10.2 Å². The normalized spacial score (nSPS) is 16.3. The molecule has 20 heavy (non-hydrogen) atoms. The van der Waals surface area contributed by atoms with Crippen molar-refractivity contribution in [2.45, 2.75) is 71.6 Å². The Morgan fingerprint density at radius 2 is 1.75 bits per heavy atom. The van der Waals surface area contributed by atoms with Crippen molar-refractivity contribution >= 4 is 5.91 Å². The first kappa shape index (κ1) is 17.5. The lowest BCUT2D eigenvalue weighted by Gasteiger charge is -2.30. The van der Waals surface area contributed by atoms with Crippen molar-refractivity contribution in [3.63, 3.8) is 0 Å².